The second kappa shape index (κ2) is 5.91. The summed E-state index contributed by atoms with van der Waals surface area (Å²) in [5.41, 5.74) is 0.819. The van der Waals surface area contributed by atoms with Gasteiger partial charge in [-0.1, -0.05) is 23.2 Å². The van der Waals surface area contributed by atoms with Crippen LogP contribution in [0, 0.1) is 0 Å². The van der Waals surface area contributed by atoms with Gasteiger partial charge in [-0.15, -0.1) is 0 Å². The zero-order valence-electron chi connectivity index (χ0n) is 12.3. The highest BCUT2D eigenvalue weighted by Gasteiger charge is 2.34. The van der Waals surface area contributed by atoms with Crippen LogP contribution in [0.4, 0.5) is 5.69 Å². The van der Waals surface area contributed by atoms with Crippen molar-refractivity contribution in [1.82, 2.24) is 4.57 Å². The summed E-state index contributed by atoms with van der Waals surface area (Å²) in [6, 6.07) is 6.11. The number of hydrogen-bond acceptors (Lipinski definition) is 3. The highest BCUT2D eigenvalue weighted by atomic mass is 35.5. The minimum absolute atomic E-state index is 0.0167. The second-order valence-corrected chi connectivity index (χ2v) is 6.32. The number of benzene rings is 1. The predicted octanol–water partition coefficient (Wildman–Crippen LogP) is 2.92. The highest BCUT2D eigenvalue weighted by Crippen LogP contribution is 2.42. The van der Waals surface area contributed by atoms with E-state index in [9.17, 15) is 14.7 Å². The number of carbonyl (C=O) groups excluding carboxylic acids is 1. The van der Waals surface area contributed by atoms with Crippen molar-refractivity contribution in [3.63, 3.8) is 0 Å². The molecule has 1 amide bonds. The first kappa shape index (κ1) is 15.9. The number of rotatable bonds is 2. The topological polar surface area (TPSA) is 62.5 Å². The zero-order valence-corrected chi connectivity index (χ0v) is 13.8. The average molecular weight is 353 g/mol. The molecule has 2 heterocycles. The second-order valence-electron chi connectivity index (χ2n) is 5.53. The number of pyridine rings is 1. The van der Waals surface area contributed by atoms with Crippen LogP contribution in [-0.4, -0.2) is 22.1 Å². The molecule has 0 spiro atoms. The zero-order chi connectivity index (χ0) is 16.7. The molecule has 1 aliphatic rings. The summed E-state index contributed by atoms with van der Waals surface area (Å²) in [6.45, 7) is 0.333. The minimum atomic E-state index is -0.280. The molecule has 23 heavy (non-hydrogen) atoms. The summed E-state index contributed by atoms with van der Waals surface area (Å²) in [5, 5.41) is 10.7. The third-order valence-corrected chi connectivity index (χ3v) is 4.86. The van der Waals surface area contributed by atoms with Crippen molar-refractivity contribution in [3.8, 4) is 5.75 Å². The molecule has 1 atom stereocenters. The quantitative estimate of drug-likeness (QED) is 0.903. The van der Waals surface area contributed by atoms with Gasteiger partial charge >= 0.3 is 0 Å². The summed E-state index contributed by atoms with van der Waals surface area (Å²) in [5.74, 6) is -0.389. The van der Waals surface area contributed by atoms with E-state index in [-0.39, 0.29) is 34.6 Å². The lowest BCUT2D eigenvalue weighted by Crippen LogP contribution is -2.27. The molecule has 0 radical (unpaired) electrons. The molecule has 1 N–H and O–H groups in total. The van der Waals surface area contributed by atoms with Gasteiger partial charge in [0.2, 0.25) is 5.91 Å². The van der Waals surface area contributed by atoms with Gasteiger partial charge in [-0.3, -0.25) is 9.59 Å². The molecule has 5 nitrogen and oxygen atoms in total. The Morgan fingerprint density at radius 3 is 2.65 bits per heavy atom. The van der Waals surface area contributed by atoms with Crippen LogP contribution in [0.15, 0.2) is 35.3 Å². The van der Waals surface area contributed by atoms with Gasteiger partial charge in [0.05, 0.1) is 15.7 Å². The van der Waals surface area contributed by atoms with Crippen molar-refractivity contribution in [2.75, 3.05) is 11.4 Å². The number of aryl methyl sites for hydroxylation is 1. The number of halogens is 2. The first-order valence-electron chi connectivity index (χ1n) is 7.02. The number of amides is 1. The molecule has 1 aromatic carbocycles. The Morgan fingerprint density at radius 1 is 1.22 bits per heavy atom. The smallest absolute Gasteiger partial charge is 0.252 e. The van der Waals surface area contributed by atoms with Gasteiger partial charge in [0.1, 0.15) is 5.75 Å². The summed E-state index contributed by atoms with van der Waals surface area (Å²) < 4.78 is 1.43. The van der Waals surface area contributed by atoms with E-state index in [0.29, 0.717) is 22.8 Å². The Balaban J connectivity index is 1.96. The number of anilines is 1. The molecule has 7 heteroatoms. The molecule has 2 aromatic rings. The van der Waals surface area contributed by atoms with Crippen LogP contribution in [-0.2, 0) is 11.8 Å². The Morgan fingerprint density at radius 2 is 1.96 bits per heavy atom. The Bertz CT molecular complexity index is 848. The van der Waals surface area contributed by atoms with E-state index in [1.807, 2.05) is 0 Å². The van der Waals surface area contributed by atoms with Crippen LogP contribution in [0.2, 0.25) is 10.0 Å². The van der Waals surface area contributed by atoms with Crippen molar-refractivity contribution in [1.29, 1.82) is 0 Å². The summed E-state index contributed by atoms with van der Waals surface area (Å²) in [4.78, 5) is 25.6. The molecule has 0 saturated carbocycles. The standard InChI is InChI=1S/C16H14Cl2N2O3/c1-19-5-4-10(7-13(19)22)20-8-9(6-14(20)23)15-12(21)3-2-11(17)16(15)18/h2-5,7,9,21H,6,8H2,1H3/t9-/m1/s1. The van der Waals surface area contributed by atoms with E-state index in [4.69, 9.17) is 23.2 Å². The molecule has 1 aromatic heterocycles. The van der Waals surface area contributed by atoms with Gasteiger partial charge in [0.15, 0.2) is 0 Å². The third-order valence-electron chi connectivity index (χ3n) is 4.04. The van der Waals surface area contributed by atoms with Gasteiger partial charge in [0.25, 0.3) is 5.56 Å². The van der Waals surface area contributed by atoms with E-state index in [0.717, 1.165) is 0 Å². The van der Waals surface area contributed by atoms with E-state index in [1.54, 1.807) is 19.3 Å². The number of phenols is 1. The van der Waals surface area contributed by atoms with Crippen LogP contribution in [0.25, 0.3) is 0 Å². The van der Waals surface area contributed by atoms with Crippen molar-refractivity contribution in [2.45, 2.75) is 12.3 Å². The molecule has 1 aliphatic heterocycles. The largest absolute Gasteiger partial charge is 0.508 e. The average Bonchev–Trinajstić information content (AvgIpc) is 2.88. The Labute approximate surface area is 142 Å². The van der Waals surface area contributed by atoms with Crippen LogP contribution < -0.4 is 10.5 Å². The molecule has 1 saturated heterocycles. The third kappa shape index (κ3) is 2.82. The maximum atomic E-state index is 12.3. The number of aromatic hydroxyl groups is 1. The summed E-state index contributed by atoms with van der Waals surface area (Å²) in [6.07, 6.45) is 1.81. The van der Waals surface area contributed by atoms with Crippen LogP contribution >= 0.6 is 23.2 Å². The van der Waals surface area contributed by atoms with Crippen LogP contribution in [0.3, 0.4) is 0 Å². The first-order chi connectivity index (χ1) is 10.9. The van der Waals surface area contributed by atoms with Crippen molar-refractivity contribution >= 4 is 34.8 Å². The molecule has 0 aliphatic carbocycles. The fraction of sp³-hybridized carbons (Fsp3) is 0.250. The van der Waals surface area contributed by atoms with Gasteiger partial charge < -0.3 is 14.6 Å². The first-order valence-corrected chi connectivity index (χ1v) is 7.78. The number of nitrogens with zero attached hydrogens (tertiary/aromatic N) is 2. The summed E-state index contributed by atoms with van der Waals surface area (Å²) in [7, 11) is 1.64. The molecular weight excluding hydrogens is 339 g/mol. The van der Waals surface area contributed by atoms with Crippen LogP contribution in [0.5, 0.6) is 5.75 Å². The lowest BCUT2D eigenvalue weighted by Gasteiger charge is -2.18. The monoisotopic (exact) mass is 352 g/mol. The molecule has 0 bridgehead atoms. The maximum absolute atomic E-state index is 12.3. The number of aromatic nitrogens is 1. The Hall–Kier alpha value is -1.98. The van der Waals surface area contributed by atoms with Gasteiger partial charge in [-0.2, -0.15) is 0 Å². The van der Waals surface area contributed by atoms with E-state index < -0.39 is 0 Å². The highest BCUT2D eigenvalue weighted by molar-refractivity contribution is 6.42. The lowest BCUT2D eigenvalue weighted by molar-refractivity contribution is -0.117. The van der Waals surface area contributed by atoms with Crippen LogP contribution in [0.1, 0.15) is 17.9 Å². The SMILES string of the molecule is Cn1ccc(N2C[C@H](c3c(O)ccc(Cl)c3Cl)CC2=O)cc1=O. The minimum Gasteiger partial charge on any atom is -0.508 e. The molecule has 120 valence electrons. The predicted molar refractivity (Wildman–Crippen MR) is 89.5 cm³/mol. The molecular formula is C16H14Cl2N2O3. The molecule has 3 rings (SSSR count). The van der Waals surface area contributed by atoms with Crippen molar-refractivity contribution in [3.05, 3.63) is 56.4 Å². The van der Waals surface area contributed by atoms with Gasteiger partial charge in [0, 0.05) is 43.8 Å². The molecule has 1 fully saturated rings. The fourth-order valence-electron chi connectivity index (χ4n) is 2.80. The van der Waals surface area contributed by atoms with Gasteiger partial charge in [-0.25, -0.2) is 0 Å². The number of phenolic OH excluding ortho intramolecular Hbond substituents is 1. The van der Waals surface area contributed by atoms with Crippen molar-refractivity contribution in [2.24, 2.45) is 7.05 Å². The number of hydrogen-bond donors (Lipinski definition) is 1. The number of carbonyl (C=O) groups is 1. The van der Waals surface area contributed by atoms with Gasteiger partial charge in [-0.05, 0) is 18.2 Å². The van der Waals surface area contributed by atoms with E-state index in [2.05, 4.69) is 0 Å². The van der Waals surface area contributed by atoms with E-state index in [1.165, 1.54) is 27.7 Å². The summed E-state index contributed by atoms with van der Waals surface area (Å²) >= 11 is 12.2. The normalized spacial score (nSPS) is 17.8. The fourth-order valence-corrected chi connectivity index (χ4v) is 3.28. The van der Waals surface area contributed by atoms with Crippen molar-refractivity contribution < 1.29 is 9.90 Å². The molecule has 0 unspecified atom stereocenters. The Kier molecular flexibility index (Phi) is 4.08. The maximum Gasteiger partial charge on any atom is 0.252 e. The van der Waals surface area contributed by atoms with E-state index >= 15 is 0 Å². The lowest BCUT2D eigenvalue weighted by atomic mass is 9.97.